The summed E-state index contributed by atoms with van der Waals surface area (Å²) < 4.78 is 19.6. The largest absolute Gasteiger partial charge is 0.491 e. The molecule has 2 aliphatic rings. The lowest BCUT2D eigenvalue weighted by Gasteiger charge is -2.23. The second-order valence-corrected chi connectivity index (χ2v) is 7.17. The number of benzene rings is 1. The number of carbonyl (C=O) groups excluding carboxylic acids is 1. The SMILES string of the molecule is CC(C)Oc1ccc(NC(=O)N2C[C@@H]3CCC[C@@]3(C(=O)O)C2)c(F)c1. The lowest BCUT2D eigenvalue weighted by Crippen LogP contribution is -2.38. The smallest absolute Gasteiger partial charge is 0.321 e. The van der Waals surface area contributed by atoms with Gasteiger partial charge in [0, 0.05) is 19.2 Å². The zero-order chi connectivity index (χ0) is 18.2. The van der Waals surface area contributed by atoms with E-state index in [0.29, 0.717) is 18.7 Å². The molecule has 0 spiro atoms. The van der Waals surface area contributed by atoms with Crippen molar-refractivity contribution in [3.8, 4) is 5.75 Å². The number of nitrogens with one attached hydrogen (secondary N) is 1. The van der Waals surface area contributed by atoms with E-state index in [1.807, 2.05) is 13.8 Å². The van der Waals surface area contributed by atoms with E-state index in [4.69, 9.17) is 4.74 Å². The van der Waals surface area contributed by atoms with Crippen LogP contribution in [0.15, 0.2) is 18.2 Å². The van der Waals surface area contributed by atoms with Crippen LogP contribution < -0.4 is 10.1 Å². The molecule has 2 fully saturated rings. The van der Waals surface area contributed by atoms with Gasteiger partial charge in [0.1, 0.15) is 11.6 Å². The fraction of sp³-hybridized carbons (Fsp3) is 0.556. The molecule has 1 aliphatic heterocycles. The van der Waals surface area contributed by atoms with Crippen molar-refractivity contribution in [3.63, 3.8) is 0 Å². The van der Waals surface area contributed by atoms with Crippen LogP contribution in [0.1, 0.15) is 33.1 Å². The molecule has 25 heavy (non-hydrogen) atoms. The van der Waals surface area contributed by atoms with Gasteiger partial charge in [-0.1, -0.05) is 6.42 Å². The number of carbonyl (C=O) groups is 2. The summed E-state index contributed by atoms with van der Waals surface area (Å²) >= 11 is 0. The maximum absolute atomic E-state index is 14.2. The van der Waals surface area contributed by atoms with Gasteiger partial charge >= 0.3 is 12.0 Å². The minimum absolute atomic E-state index is 0.0255. The summed E-state index contributed by atoms with van der Waals surface area (Å²) in [6.45, 7) is 4.26. The quantitative estimate of drug-likeness (QED) is 0.873. The van der Waals surface area contributed by atoms with Crippen LogP contribution in [0.3, 0.4) is 0 Å². The zero-order valence-electron chi connectivity index (χ0n) is 14.4. The number of hydrogen-bond acceptors (Lipinski definition) is 3. The highest BCUT2D eigenvalue weighted by Crippen LogP contribution is 2.48. The molecule has 1 aromatic carbocycles. The molecule has 3 rings (SSSR count). The van der Waals surface area contributed by atoms with Gasteiger partial charge < -0.3 is 20.1 Å². The van der Waals surface area contributed by atoms with Gasteiger partial charge in [-0.25, -0.2) is 9.18 Å². The summed E-state index contributed by atoms with van der Waals surface area (Å²) in [5.74, 6) is -1.06. The average Bonchev–Trinajstić information content (AvgIpc) is 3.07. The lowest BCUT2D eigenvalue weighted by molar-refractivity contribution is -0.149. The van der Waals surface area contributed by atoms with Crippen molar-refractivity contribution in [1.29, 1.82) is 0 Å². The number of urea groups is 1. The third kappa shape index (κ3) is 3.27. The van der Waals surface area contributed by atoms with Crippen LogP contribution in [0, 0.1) is 17.2 Å². The summed E-state index contributed by atoms with van der Waals surface area (Å²) in [6.07, 6.45) is 2.20. The fourth-order valence-electron chi connectivity index (χ4n) is 3.93. The van der Waals surface area contributed by atoms with E-state index in [9.17, 15) is 19.1 Å². The van der Waals surface area contributed by atoms with Gasteiger partial charge in [0.15, 0.2) is 0 Å². The Bertz CT molecular complexity index is 694. The number of anilines is 1. The Morgan fingerprint density at radius 1 is 1.44 bits per heavy atom. The fourth-order valence-corrected chi connectivity index (χ4v) is 3.93. The number of fused-ring (bicyclic) bond motifs is 1. The Kier molecular flexibility index (Phi) is 4.58. The Morgan fingerprint density at radius 3 is 2.80 bits per heavy atom. The van der Waals surface area contributed by atoms with Crippen LogP contribution in [-0.4, -0.2) is 41.2 Å². The summed E-state index contributed by atoms with van der Waals surface area (Å²) in [7, 11) is 0. The van der Waals surface area contributed by atoms with Crippen LogP contribution in [0.25, 0.3) is 0 Å². The number of carboxylic acids is 1. The van der Waals surface area contributed by atoms with Gasteiger partial charge in [-0.05, 0) is 44.7 Å². The topological polar surface area (TPSA) is 78.9 Å². The number of hydrogen-bond donors (Lipinski definition) is 2. The lowest BCUT2D eigenvalue weighted by atomic mass is 9.81. The first kappa shape index (κ1) is 17.5. The maximum atomic E-state index is 14.2. The Labute approximate surface area is 146 Å². The van der Waals surface area contributed by atoms with Gasteiger partial charge in [0.2, 0.25) is 0 Å². The zero-order valence-corrected chi connectivity index (χ0v) is 14.4. The van der Waals surface area contributed by atoms with Crippen molar-refractivity contribution >= 4 is 17.7 Å². The number of likely N-dealkylation sites (tertiary alicyclic amines) is 1. The van der Waals surface area contributed by atoms with Crippen molar-refractivity contribution in [1.82, 2.24) is 4.90 Å². The molecular weight excluding hydrogens is 327 g/mol. The molecule has 1 saturated heterocycles. The first-order chi connectivity index (χ1) is 11.8. The summed E-state index contributed by atoms with van der Waals surface area (Å²) in [4.78, 5) is 25.6. The number of aliphatic carboxylic acids is 1. The standard InChI is InChI=1S/C18H23FN2O4/c1-11(2)25-13-5-6-15(14(19)8-13)20-17(24)21-9-12-4-3-7-18(12,10-21)16(22)23/h5-6,8,11-12H,3-4,7,9-10H2,1-2H3,(H,20,24)(H,22,23)/t12-,18+/m0/s1. The first-order valence-corrected chi connectivity index (χ1v) is 8.57. The highest BCUT2D eigenvalue weighted by atomic mass is 19.1. The number of amides is 2. The Morgan fingerprint density at radius 2 is 2.20 bits per heavy atom. The highest BCUT2D eigenvalue weighted by molar-refractivity contribution is 5.90. The molecule has 0 radical (unpaired) electrons. The number of rotatable bonds is 4. The number of ether oxygens (including phenoxy) is 1. The van der Waals surface area contributed by atoms with E-state index in [0.717, 1.165) is 12.8 Å². The molecule has 136 valence electrons. The summed E-state index contributed by atoms with van der Waals surface area (Å²) in [5, 5.41) is 12.1. The second kappa shape index (κ2) is 6.54. The van der Waals surface area contributed by atoms with Gasteiger partial charge in [-0.3, -0.25) is 4.79 Å². The molecule has 1 aliphatic carbocycles. The van der Waals surface area contributed by atoms with Crippen LogP contribution in [0.2, 0.25) is 0 Å². The maximum Gasteiger partial charge on any atom is 0.321 e. The van der Waals surface area contributed by atoms with Gasteiger partial charge in [-0.2, -0.15) is 0 Å². The molecule has 7 heteroatoms. The van der Waals surface area contributed by atoms with Crippen molar-refractivity contribution in [2.45, 2.75) is 39.2 Å². The van der Waals surface area contributed by atoms with Crippen molar-refractivity contribution in [2.24, 2.45) is 11.3 Å². The van der Waals surface area contributed by atoms with Crippen molar-refractivity contribution < 1.29 is 23.8 Å². The second-order valence-electron chi connectivity index (χ2n) is 7.17. The van der Waals surface area contributed by atoms with Crippen molar-refractivity contribution in [2.75, 3.05) is 18.4 Å². The normalized spacial score (nSPS) is 25.1. The minimum atomic E-state index is -0.842. The van der Waals surface area contributed by atoms with Gasteiger partial charge in [-0.15, -0.1) is 0 Å². The minimum Gasteiger partial charge on any atom is -0.491 e. The van der Waals surface area contributed by atoms with E-state index in [-0.39, 0.29) is 24.3 Å². The third-order valence-electron chi connectivity index (χ3n) is 5.14. The highest BCUT2D eigenvalue weighted by Gasteiger charge is 2.55. The number of nitrogens with zero attached hydrogens (tertiary/aromatic N) is 1. The Balaban J connectivity index is 1.68. The molecule has 2 atom stereocenters. The predicted octanol–water partition coefficient (Wildman–Crippen LogP) is 3.33. The molecule has 1 saturated carbocycles. The average molecular weight is 350 g/mol. The monoisotopic (exact) mass is 350 g/mol. The van der Waals surface area contributed by atoms with Crippen LogP contribution in [0.4, 0.5) is 14.9 Å². The first-order valence-electron chi connectivity index (χ1n) is 8.57. The molecule has 2 amide bonds. The van der Waals surface area contributed by atoms with E-state index >= 15 is 0 Å². The van der Waals surface area contributed by atoms with E-state index in [2.05, 4.69) is 5.32 Å². The van der Waals surface area contributed by atoms with E-state index in [1.165, 1.54) is 17.0 Å². The van der Waals surface area contributed by atoms with Crippen LogP contribution in [-0.2, 0) is 4.79 Å². The van der Waals surface area contributed by atoms with E-state index in [1.54, 1.807) is 6.07 Å². The molecule has 0 aromatic heterocycles. The van der Waals surface area contributed by atoms with Gasteiger partial charge in [0.25, 0.3) is 0 Å². The molecule has 1 heterocycles. The molecule has 0 bridgehead atoms. The molecular formula is C18H23FN2O4. The number of carboxylic acid groups (broad SMARTS) is 1. The third-order valence-corrected chi connectivity index (χ3v) is 5.14. The Hall–Kier alpha value is -2.31. The van der Waals surface area contributed by atoms with Crippen molar-refractivity contribution in [3.05, 3.63) is 24.0 Å². The van der Waals surface area contributed by atoms with Crippen LogP contribution in [0.5, 0.6) is 5.75 Å². The molecule has 2 N–H and O–H groups in total. The van der Waals surface area contributed by atoms with Crippen LogP contribution >= 0.6 is 0 Å². The summed E-state index contributed by atoms with van der Waals surface area (Å²) in [6, 6.07) is 3.81. The molecule has 0 unspecified atom stereocenters. The molecule has 6 nitrogen and oxygen atoms in total. The molecule has 1 aromatic rings. The van der Waals surface area contributed by atoms with E-state index < -0.39 is 23.2 Å². The predicted molar refractivity (Wildman–Crippen MR) is 90.2 cm³/mol. The number of halogens is 1. The summed E-state index contributed by atoms with van der Waals surface area (Å²) in [5.41, 5.74) is -0.785. The van der Waals surface area contributed by atoms with Gasteiger partial charge in [0.05, 0.1) is 17.2 Å².